The maximum absolute atomic E-state index is 12.3. The first-order valence-electron chi connectivity index (χ1n) is 7.81. The predicted molar refractivity (Wildman–Crippen MR) is 90.8 cm³/mol. The SMILES string of the molecule is O=C(Cc1ccc([C@@H]2CCCNC2)cc1)c1cccc(Cl)c1. The fourth-order valence-electron chi connectivity index (χ4n) is 2.99. The summed E-state index contributed by atoms with van der Waals surface area (Å²) in [7, 11) is 0. The molecule has 2 aromatic carbocycles. The molecule has 2 nitrogen and oxygen atoms in total. The van der Waals surface area contributed by atoms with Crippen LogP contribution in [0.2, 0.25) is 5.02 Å². The minimum atomic E-state index is 0.106. The first-order chi connectivity index (χ1) is 10.7. The molecule has 2 aromatic rings. The Morgan fingerprint density at radius 3 is 2.68 bits per heavy atom. The van der Waals surface area contributed by atoms with Crippen LogP contribution < -0.4 is 5.32 Å². The molecular weight excluding hydrogens is 294 g/mol. The molecular formula is C19H20ClNO. The van der Waals surface area contributed by atoms with Crippen molar-refractivity contribution in [1.82, 2.24) is 5.32 Å². The third kappa shape index (κ3) is 3.76. The van der Waals surface area contributed by atoms with Crippen molar-refractivity contribution in [2.75, 3.05) is 13.1 Å². The maximum Gasteiger partial charge on any atom is 0.167 e. The van der Waals surface area contributed by atoms with Crippen molar-refractivity contribution in [3.8, 4) is 0 Å². The summed E-state index contributed by atoms with van der Waals surface area (Å²) in [6.07, 6.45) is 2.90. The molecule has 1 heterocycles. The molecule has 0 aliphatic carbocycles. The van der Waals surface area contributed by atoms with Gasteiger partial charge in [-0.25, -0.2) is 0 Å². The Morgan fingerprint density at radius 1 is 1.18 bits per heavy atom. The lowest BCUT2D eigenvalue weighted by Crippen LogP contribution is -2.28. The molecule has 3 heteroatoms. The zero-order valence-electron chi connectivity index (χ0n) is 12.5. The van der Waals surface area contributed by atoms with Gasteiger partial charge in [-0.2, -0.15) is 0 Å². The summed E-state index contributed by atoms with van der Waals surface area (Å²) < 4.78 is 0. The summed E-state index contributed by atoms with van der Waals surface area (Å²) in [5.41, 5.74) is 3.09. The van der Waals surface area contributed by atoms with Crippen molar-refractivity contribution >= 4 is 17.4 Å². The highest BCUT2D eigenvalue weighted by atomic mass is 35.5. The van der Waals surface area contributed by atoms with Crippen molar-refractivity contribution < 1.29 is 4.79 Å². The zero-order valence-corrected chi connectivity index (χ0v) is 13.3. The molecule has 1 saturated heterocycles. The van der Waals surface area contributed by atoms with E-state index in [1.165, 1.54) is 18.4 Å². The second-order valence-corrected chi connectivity index (χ2v) is 6.33. The fourth-order valence-corrected chi connectivity index (χ4v) is 3.18. The van der Waals surface area contributed by atoms with Crippen LogP contribution in [0.25, 0.3) is 0 Å². The van der Waals surface area contributed by atoms with Gasteiger partial charge in [-0.05, 0) is 48.6 Å². The van der Waals surface area contributed by atoms with Crippen LogP contribution in [-0.2, 0) is 6.42 Å². The monoisotopic (exact) mass is 313 g/mol. The van der Waals surface area contributed by atoms with E-state index in [1.54, 1.807) is 12.1 Å². The molecule has 3 rings (SSSR count). The van der Waals surface area contributed by atoms with Gasteiger partial charge in [0, 0.05) is 23.6 Å². The van der Waals surface area contributed by atoms with Crippen molar-refractivity contribution in [1.29, 1.82) is 0 Å². The lowest BCUT2D eigenvalue weighted by atomic mass is 9.90. The number of halogens is 1. The summed E-state index contributed by atoms with van der Waals surface area (Å²) >= 11 is 5.94. The van der Waals surface area contributed by atoms with Gasteiger partial charge in [-0.15, -0.1) is 0 Å². The molecule has 0 bridgehead atoms. The second-order valence-electron chi connectivity index (χ2n) is 5.90. The van der Waals surface area contributed by atoms with E-state index in [0.717, 1.165) is 18.7 Å². The summed E-state index contributed by atoms with van der Waals surface area (Å²) in [5, 5.41) is 4.04. The highest BCUT2D eigenvalue weighted by Gasteiger charge is 2.15. The molecule has 0 spiro atoms. The number of nitrogens with one attached hydrogen (secondary N) is 1. The predicted octanol–water partition coefficient (Wildman–Crippen LogP) is 4.23. The van der Waals surface area contributed by atoms with Gasteiger partial charge < -0.3 is 5.32 Å². The van der Waals surface area contributed by atoms with E-state index in [-0.39, 0.29) is 5.78 Å². The molecule has 1 aliphatic heterocycles. The van der Waals surface area contributed by atoms with Crippen LogP contribution in [0.15, 0.2) is 48.5 Å². The van der Waals surface area contributed by atoms with Gasteiger partial charge in [-0.1, -0.05) is 48.0 Å². The number of carbonyl (C=O) groups excluding carboxylic acids is 1. The number of rotatable bonds is 4. The minimum absolute atomic E-state index is 0.106. The van der Waals surface area contributed by atoms with Gasteiger partial charge >= 0.3 is 0 Å². The van der Waals surface area contributed by atoms with Crippen LogP contribution in [0.1, 0.15) is 40.2 Å². The van der Waals surface area contributed by atoms with Crippen LogP contribution in [-0.4, -0.2) is 18.9 Å². The molecule has 114 valence electrons. The average molecular weight is 314 g/mol. The third-order valence-electron chi connectivity index (χ3n) is 4.26. The highest BCUT2D eigenvalue weighted by Crippen LogP contribution is 2.23. The molecule has 0 amide bonds. The number of piperidine rings is 1. The van der Waals surface area contributed by atoms with Crippen molar-refractivity contribution in [3.63, 3.8) is 0 Å². The Balaban J connectivity index is 1.66. The van der Waals surface area contributed by atoms with E-state index >= 15 is 0 Å². The number of carbonyl (C=O) groups is 1. The second kappa shape index (κ2) is 7.08. The van der Waals surface area contributed by atoms with E-state index in [9.17, 15) is 4.79 Å². The van der Waals surface area contributed by atoms with Crippen LogP contribution in [0.3, 0.4) is 0 Å². The van der Waals surface area contributed by atoms with E-state index < -0.39 is 0 Å². The van der Waals surface area contributed by atoms with Gasteiger partial charge in [0.1, 0.15) is 0 Å². The first-order valence-corrected chi connectivity index (χ1v) is 8.18. The maximum atomic E-state index is 12.3. The zero-order chi connectivity index (χ0) is 15.4. The van der Waals surface area contributed by atoms with Crippen molar-refractivity contribution in [3.05, 3.63) is 70.2 Å². The van der Waals surface area contributed by atoms with Gasteiger partial charge in [0.25, 0.3) is 0 Å². The molecule has 0 aromatic heterocycles. The quantitative estimate of drug-likeness (QED) is 0.856. The molecule has 0 unspecified atom stereocenters. The van der Waals surface area contributed by atoms with E-state index in [0.29, 0.717) is 22.9 Å². The van der Waals surface area contributed by atoms with E-state index in [1.807, 2.05) is 12.1 Å². The van der Waals surface area contributed by atoms with Gasteiger partial charge in [0.2, 0.25) is 0 Å². The Labute approximate surface area is 136 Å². The van der Waals surface area contributed by atoms with Crippen LogP contribution in [0.4, 0.5) is 0 Å². The summed E-state index contributed by atoms with van der Waals surface area (Å²) in [5.74, 6) is 0.709. The minimum Gasteiger partial charge on any atom is -0.316 e. The van der Waals surface area contributed by atoms with E-state index in [4.69, 9.17) is 11.6 Å². The molecule has 0 saturated carbocycles. The lowest BCUT2D eigenvalue weighted by Gasteiger charge is -2.23. The lowest BCUT2D eigenvalue weighted by molar-refractivity contribution is 0.0993. The van der Waals surface area contributed by atoms with Gasteiger partial charge in [-0.3, -0.25) is 4.79 Å². The average Bonchev–Trinajstić information content (AvgIpc) is 2.56. The number of hydrogen-bond donors (Lipinski definition) is 1. The fraction of sp³-hybridized carbons (Fsp3) is 0.316. The number of hydrogen-bond acceptors (Lipinski definition) is 2. The Morgan fingerprint density at radius 2 is 2.00 bits per heavy atom. The molecule has 1 fully saturated rings. The molecule has 0 radical (unpaired) electrons. The first kappa shape index (κ1) is 15.3. The summed E-state index contributed by atoms with van der Waals surface area (Å²) in [6.45, 7) is 2.18. The molecule has 22 heavy (non-hydrogen) atoms. The third-order valence-corrected chi connectivity index (χ3v) is 4.49. The standard InChI is InChI=1S/C19H20ClNO/c20-18-5-1-3-16(12-18)19(22)11-14-6-8-15(9-7-14)17-4-2-10-21-13-17/h1,3,5-9,12,17,21H,2,4,10-11,13H2/t17-/m1/s1. The summed E-state index contributed by atoms with van der Waals surface area (Å²) in [6, 6.07) is 15.6. The Hall–Kier alpha value is -1.64. The normalized spacial score (nSPS) is 18.1. The van der Waals surface area contributed by atoms with Gasteiger partial charge in [0.05, 0.1) is 0 Å². The van der Waals surface area contributed by atoms with Crippen LogP contribution in [0.5, 0.6) is 0 Å². The molecule has 1 N–H and O–H groups in total. The summed E-state index contributed by atoms with van der Waals surface area (Å²) in [4.78, 5) is 12.3. The largest absolute Gasteiger partial charge is 0.316 e. The molecule has 1 atom stereocenters. The topological polar surface area (TPSA) is 29.1 Å². The number of benzene rings is 2. The number of ketones is 1. The van der Waals surface area contributed by atoms with E-state index in [2.05, 4.69) is 29.6 Å². The van der Waals surface area contributed by atoms with Crippen LogP contribution >= 0.6 is 11.6 Å². The van der Waals surface area contributed by atoms with Crippen molar-refractivity contribution in [2.45, 2.75) is 25.2 Å². The highest BCUT2D eigenvalue weighted by molar-refractivity contribution is 6.31. The van der Waals surface area contributed by atoms with Crippen molar-refractivity contribution in [2.24, 2.45) is 0 Å². The molecule has 1 aliphatic rings. The van der Waals surface area contributed by atoms with Gasteiger partial charge in [0.15, 0.2) is 5.78 Å². The Kier molecular flexibility index (Phi) is 4.91. The van der Waals surface area contributed by atoms with Crippen LogP contribution in [0, 0.1) is 0 Å². The number of Topliss-reactive ketones (excluding diaryl/α,β-unsaturated/α-hetero) is 1. The smallest absolute Gasteiger partial charge is 0.167 e. The Bertz CT molecular complexity index is 645.